The zero-order valence-electron chi connectivity index (χ0n) is 12.1. The number of rotatable bonds is 5. The van der Waals surface area contributed by atoms with E-state index in [-0.39, 0.29) is 5.56 Å². The number of benzene rings is 1. The van der Waals surface area contributed by atoms with Gasteiger partial charge in [-0.25, -0.2) is 8.78 Å². The fourth-order valence-electron chi connectivity index (χ4n) is 2.03. The molecular formula is C16H18F2N2O. The van der Waals surface area contributed by atoms with Crippen LogP contribution < -0.4 is 10.5 Å². The molecule has 1 aromatic carbocycles. The average Bonchev–Trinajstić information content (AvgIpc) is 2.49. The van der Waals surface area contributed by atoms with Crippen LogP contribution in [-0.4, -0.2) is 11.6 Å². The molecule has 21 heavy (non-hydrogen) atoms. The molecule has 0 radical (unpaired) electrons. The molecule has 0 aliphatic rings. The predicted molar refractivity (Wildman–Crippen MR) is 77.1 cm³/mol. The summed E-state index contributed by atoms with van der Waals surface area (Å²) in [4.78, 5) is 4.02. The first-order valence-corrected chi connectivity index (χ1v) is 6.82. The Kier molecular flexibility index (Phi) is 4.85. The first-order chi connectivity index (χ1) is 10.0. The maximum absolute atomic E-state index is 14.1. The minimum Gasteiger partial charge on any atom is -0.492 e. The minimum absolute atomic E-state index is 0.149. The zero-order valence-corrected chi connectivity index (χ0v) is 12.1. The van der Waals surface area contributed by atoms with Crippen LogP contribution >= 0.6 is 0 Å². The summed E-state index contributed by atoms with van der Waals surface area (Å²) in [6.07, 6.45) is 3.90. The highest BCUT2D eigenvalue weighted by Gasteiger charge is 2.20. The summed E-state index contributed by atoms with van der Waals surface area (Å²) >= 11 is 0. The molecule has 0 bridgehead atoms. The Hall–Kier alpha value is -2.01. The van der Waals surface area contributed by atoms with Gasteiger partial charge in [0.15, 0.2) is 0 Å². The third kappa shape index (κ3) is 3.36. The fraction of sp³-hybridized carbons (Fsp3) is 0.312. The molecule has 2 aromatic rings. The average molecular weight is 292 g/mol. The predicted octanol–water partition coefficient (Wildman–Crippen LogP) is 3.51. The zero-order chi connectivity index (χ0) is 15.4. The third-order valence-corrected chi connectivity index (χ3v) is 3.20. The van der Waals surface area contributed by atoms with Gasteiger partial charge in [0.1, 0.15) is 17.4 Å². The van der Waals surface area contributed by atoms with E-state index in [2.05, 4.69) is 4.98 Å². The van der Waals surface area contributed by atoms with Crippen molar-refractivity contribution in [3.05, 3.63) is 58.9 Å². The van der Waals surface area contributed by atoms with E-state index in [0.29, 0.717) is 23.5 Å². The first-order valence-electron chi connectivity index (χ1n) is 6.82. The number of hydrogen-bond donors (Lipinski definition) is 1. The quantitative estimate of drug-likeness (QED) is 0.917. The van der Waals surface area contributed by atoms with Crippen molar-refractivity contribution in [2.24, 2.45) is 5.73 Å². The van der Waals surface area contributed by atoms with E-state index in [1.54, 1.807) is 19.2 Å². The summed E-state index contributed by atoms with van der Waals surface area (Å²) in [7, 11) is 0. The molecule has 5 heteroatoms. The number of ether oxygens (including phenoxy) is 1. The molecular weight excluding hydrogens is 274 g/mol. The summed E-state index contributed by atoms with van der Waals surface area (Å²) in [6.45, 7) is 4.11. The van der Waals surface area contributed by atoms with Crippen molar-refractivity contribution in [2.75, 3.05) is 6.61 Å². The Morgan fingerprint density at radius 1 is 1.29 bits per heavy atom. The van der Waals surface area contributed by atoms with Crippen molar-refractivity contribution in [2.45, 2.75) is 26.3 Å². The minimum atomic E-state index is -0.928. The first kappa shape index (κ1) is 15.4. The SMILES string of the molecule is CCCOc1cncc(C(N)c2c(F)ccc(C)c2F)c1. The van der Waals surface area contributed by atoms with Crippen LogP contribution in [0.4, 0.5) is 8.78 Å². The molecule has 112 valence electrons. The number of hydrogen-bond acceptors (Lipinski definition) is 3. The number of nitrogens with two attached hydrogens (primary N) is 1. The van der Waals surface area contributed by atoms with Crippen molar-refractivity contribution < 1.29 is 13.5 Å². The van der Waals surface area contributed by atoms with Crippen molar-refractivity contribution in [3.63, 3.8) is 0 Å². The van der Waals surface area contributed by atoms with Crippen LogP contribution in [-0.2, 0) is 0 Å². The molecule has 0 aliphatic carbocycles. The fourth-order valence-corrected chi connectivity index (χ4v) is 2.03. The highest BCUT2D eigenvalue weighted by Crippen LogP contribution is 2.28. The molecule has 1 aromatic heterocycles. The van der Waals surface area contributed by atoms with Gasteiger partial charge in [-0.15, -0.1) is 0 Å². The van der Waals surface area contributed by atoms with Gasteiger partial charge in [0.25, 0.3) is 0 Å². The van der Waals surface area contributed by atoms with Crippen LogP contribution in [0.1, 0.15) is 36.1 Å². The van der Waals surface area contributed by atoms with Crippen LogP contribution in [0.15, 0.2) is 30.6 Å². The lowest BCUT2D eigenvalue weighted by atomic mass is 9.98. The molecule has 2 rings (SSSR count). The van der Waals surface area contributed by atoms with Crippen molar-refractivity contribution in [1.29, 1.82) is 0 Å². The van der Waals surface area contributed by atoms with Crippen LogP contribution in [0, 0.1) is 18.6 Å². The Bertz CT molecular complexity index is 632. The summed E-state index contributed by atoms with van der Waals surface area (Å²) in [6, 6.07) is 3.34. The monoisotopic (exact) mass is 292 g/mol. The molecule has 0 spiro atoms. The molecule has 1 atom stereocenters. The molecule has 2 N–H and O–H groups in total. The van der Waals surface area contributed by atoms with Gasteiger partial charge in [-0.05, 0) is 36.6 Å². The maximum atomic E-state index is 14.1. The van der Waals surface area contributed by atoms with Crippen LogP contribution in [0.3, 0.4) is 0 Å². The molecule has 3 nitrogen and oxygen atoms in total. The van der Waals surface area contributed by atoms with E-state index in [1.165, 1.54) is 18.3 Å². The van der Waals surface area contributed by atoms with Crippen LogP contribution in [0.2, 0.25) is 0 Å². The lowest BCUT2D eigenvalue weighted by Gasteiger charge is -2.16. The Morgan fingerprint density at radius 2 is 2.05 bits per heavy atom. The lowest BCUT2D eigenvalue weighted by molar-refractivity contribution is 0.315. The topological polar surface area (TPSA) is 48.1 Å². The largest absolute Gasteiger partial charge is 0.492 e. The van der Waals surface area contributed by atoms with E-state index in [4.69, 9.17) is 10.5 Å². The second-order valence-electron chi connectivity index (χ2n) is 4.87. The maximum Gasteiger partial charge on any atom is 0.137 e. The van der Waals surface area contributed by atoms with Crippen LogP contribution in [0.5, 0.6) is 5.75 Å². The molecule has 0 fully saturated rings. The number of aromatic nitrogens is 1. The van der Waals surface area contributed by atoms with Gasteiger partial charge in [0.2, 0.25) is 0 Å². The van der Waals surface area contributed by atoms with Gasteiger partial charge in [-0.1, -0.05) is 13.0 Å². The summed E-state index contributed by atoms with van der Waals surface area (Å²) in [5, 5.41) is 0. The number of nitrogens with zero attached hydrogens (tertiary/aromatic N) is 1. The van der Waals surface area contributed by atoms with E-state index in [9.17, 15) is 8.78 Å². The highest BCUT2D eigenvalue weighted by molar-refractivity contribution is 5.37. The third-order valence-electron chi connectivity index (χ3n) is 3.20. The Balaban J connectivity index is 2.36. The molecule has 0 aliphatic heterocycles. The van der Waals surface area contributed by atoms with Crippen molar-refractivity contribution in [3.8, 4) is 5.75 Å². The highest BCUT2D eigenvalue weighted by atomic mass is 19.1. The standard InChI is InChI=1S/C16H18F2N2O/c1-3-6-21-12-7-11(8-20-9-12)16(19)14-13(17)5-4-10(2)15(14)18/h4-5,7-9,16H,3,6,19H2,1-2H3. The Labute approximate surface area is 122 Å². The summed E-state index contributed by atoms with van der Waals surface area (Å²) in [5.74, 6) is -0.744. The van der Waals surface area contributed by atoms with E-state index < -0.39 is 17.7 Å². The van der Waals surface area contributed by atoms with Crippen molar-refractivity contribution >= 4 is 0 Å². The summed E-state index contributed by atoms with van der Waals surface area (Å²) < 4.78 is 33.5. The van der Waals surface area contributed by atoms with Gasteiger partial charge >= 0.3 is 0 Å². The normalized spacial score (nSPS) is 12.2. The van der Waals surface area contributed by atoms with Gasteiger partial charge < -0.3 is 10.5 Å². The number of halogens is 2. The second kappa shape index (κ2) is 6.63. The molecule has 1 unspecified atom stereocenters. The smallest absolute Gasteiger partial charge is 0.137 e. The van der Waals surface area contributed by atoms with E-state index >= 15 is 0 Å². The van der Waals surface area contributed by atoms with E-state index in [0.717, 1.165) is 6.42 Å². The van der Waals surface area contributed by atoms with Gasteiger partial charge in [-0.2, -0.15) is 0 Å². The lowest BCUT2D eigenvalue weighted by Crippen LogP contribution is -2.16. The molecule has 0 saturated heterocycles. The number of aryl methyl sites for hydroxylation is 1. The number of pyridine rings is 1. The van der Waals surface area contributed by atoms with Crippen LogP contribution in [0.25, 0.3) is 0 Å². The molecule has 1 heterocycles. The van der Waals surface area contributed by atoms with Crippen molar-refractivity contribution in [1.82, 2.24) is 4.98 Å². The molecule has 0 saturated carbocycles. The molecule has 0 amide bonds. The van der Waals surface area contributed by atoms with Gasteiger partial charge in [0, 0.05) is 11.8 Å². The summed E-state index contributed by atoms with van der Waals surface area (Å²) in [5.41, 5.74) is 6.72. The Morgan fingerprint density at radius 3 is 2.76 bits per heavy atom. The second-order valence-corrected chi connectivity index (χ2v) is 4.87. The van der Waals surface area contributed by atoms with E-state index in [1.807, 2.05) is 6.92 Å². The van der Waals surface area contributed by atoms with Gasteiger partial charge in [-0.3, -0.25) is 4.98 Å². The van der Waals surface area contributed by atoms with Gasteiger partial charge in [0.05, 0.1) is 18.8 Å².